The molecule has 0 atom stereocenters. The van der Waals surface area contributed by atoms with Crippen LogP contribution in [0.1, 0.15) is 56.3 Å². The first-order valence-electron chi connectivity index (χ1n) is 9.39. The molecule has 0 amide bonds. The van der Waals surface area contributed by atoms with Crippen molar-refractivity contribution in [1.29, 1.82) is 0 Å². The maximum Gasteiger partial charge on any atom is 0.344 e. The molecule has 6 heteroatoms. The number of rotatable bonds is 8. The van der Waals surface area contributed by atoms with Crippen LogP contribution in [-0.4, -0.2) is 27.1 Å². The van der Waals surface area contributed by atoms with Crippen molar-refractivity contribution in [3.63, 3.8) is 0 Å². The lowest BCUT2D eigenvalue weighted by atomic mass is 10.2. The molecule has 0 saturated carbocycles. The van der Waals surface area contributed by atoms with Gasteiger partial charge >= 0.3 is 5.97 Å². The average molecular weight is 354 g/mol. The fourth-order valence-corrected chi connectivity index (χ4v) is 3.11. The second-order valence-corrected chi connectivity index (χ2v) is 6.49. The number of para-hydroxylation sites is 2. The lowest BCUT2D eigenvalue weighted by molar-refractivity contribution is 0.0508. The number of hydrogen-bond acceptors (Lipinski definition) is 5. The summed E-state index contributed by atoms with van der Waals surface area (Å²) >= 11 is 0. The molecule has 1 aromatic carbocycles. The van der Waals surface area contributed by atoms with E-state index in [0.29, 0.717) is 29.2 Å². The average Bonchev–Trinajstić information content (AvgIpc) is 2.92. The largest absolute Gasteiger partial charge is 0.462 e. The topological polar surface area (TPSA) is 83.0 Å². The second-order valence-electron chi connectivity index (χ2n) is 6.49. The lowest BCUT2D eigenvalue weighted by Gasteiger charge is -2.07. The van der Waals surface area contributed by atoms with Gasteiger partial charge in [0.05, 0.1) is 17.6 Å². The molecule has 0 aliphatic carbocycles. The Morgan fingerprint density at radius 2 is 1.81 bits per heavy atom. The fraction of sp³-hybridized carbons (Fsp3) is 0.450. The number of aryl methyl sites for hydroxylation is 1. The van der Waals surface area contributed by atoms with Crippen LogP contribution in [0.2, 0.25) is 0 Å². The van der Waals surface area contributed by atoms with Crippen molar-refractivity contribution in [2.45, 2.75) is 52.5 Å². The molecule has 3 aromatic rings. The first-order valence-corrected chi connectivity index (χ1v) is 9.39. The number of hydrogen-bond donors (Lipinski definition) is 1. The van der Waals surface area contributed by atoms with Crippen molar-refractivity contribution in [2.24, 2.45) is 0 Å². The Morgan fingerprint density at radius 1 is 1.08 bits per heavy atom. The number of nitrogen functional groups attached to an aromatic ring is 1. The van der Waals surface area contributed by atoms with E-state index in [1.807, 2.05) is 35.8 Å². The highest BCUT2D eigenvalue weighted by molar-refractivity contribution is 6.08. The van der Waals surface area contributed by atoms with E-state index in [1.165, 1.54) is 12.8 Å². The Labute approximate surface area is 153 Å². The molecule has 2 N–H and O–H groups in total. The molecule has 2 heterocycles. The number of ether oxygens (including phenoxy) is 1. The van der Waals surface area contributed by atoms with Crippen LogP contribution in [-0.2, 0) is 11.3 Å². The van der Waals surface area contributed by atoms with Crippen LogP contribution >= 0.6 is 0 Å². The third-order valence-electron chi connectivity index (χ3n) is 4.47. The zero-order chi connectivity index (χ0) is 18.5. The summed E-state index contributed by atoms with van der Waals surface area (Å²) in [5, 5.41) is 0. The summed E-state index contributed by atoms with van der Waals surface area (Å²) in [6.07, 6.45) is 5.21. The molecule has 0 aliphatic rings. The maximum atomic E-state index is 12.6. The number of fused-ring (bicyclic) bond motifs is 2. The number of aromatic nitrogens is 3. The van der Waals surface area contributed by atoms with E-state index in [2.05, 4.69) is 11.9 Å². The Kier molecular flexibility index (Phi) is 5.71. The minimum atomic E-state index is -0.425. The van der Waals surface area contributed by atoms with E-state index in [0.717, 1.165) is 36.8 Å². The quantitative estimate of drug-likeness (QED) is 0.481. The number of anilines is 1. The molecule has 0 fully saturated rings. The van der Waals surface area contributed by atoms with Gasteiger partial charge in [0, 0.05) is 6.54 Å². The highest BCUT2D eigenvalue weighted by Crippen LogP contribution is 2.29. The monoisotopic (exact) mass is 354 g/mol. The minimum Gasteiger partial charge on any atom is -0.462 e. The van der Waals surface area contributed by atoms with Gasteiger partial charge in [-0.05, 0) is 25.0 Å². The van der Waals surface area contributed by atoms with Crippen molar-refractivity contribution in [1.82, 2.24) is 14.5 Å². The van der Waals surface area contributed by atoms with Crippen molar-refractivity contribution in [2.75, 3.05) is 12.3 Å². The molecule has 138 valence electrons. The third-order valence-corrected chi connectivity index (χ3v) is 4.47. The van der Waals surface area contributed by atoms with Gasteiger partial charge in [0.1, 0.15) is 16.9 Å². The van der Waals surface area contributed by atoms with Crippen LogP contribution in [0.3, 0.4) is 0 Å². The first-order chi connectivity index (χ1) is 12.7. The van der Waals surface area contributed by atoms with Gasteiger partial charge in [-0.3, -0.25) is 0 Å². The molecule has 2 aromatic heterocycles. The predicted molar refractivity (Wildman–Crippen MR) is 104 cm³/mol. The molecule has 0 saturated heterocycles. The molecular weight excluding hydrogens is 328 g/mol. The van der Waals surface area contributed by atoms with E-state index in [9.17, 15) is 4.79 Å². The summed E-state index contributed by atoms with van der Waals surface area (Å²) in [4.78, 5) is 22.0. The van der Waals surface area contributed by atoms with Gasteiger partial charge in [0.15, 0.2) is 5.65 Å². The van der Waals surface area contributed by atoms with E-state index < -0.39 is 5.97 Å². The summed E-state index contributed by atoms with van der Waals surface area (Å²) in [7, 11) is 0. The number of benzene rings is 1. The Morgan fingerprint density at radius 3 is 2.50 bits per heavy atom. The molecule has 0 radical (unpaired) electrons. The summed E-state index contributed by atoms with van der Waals surface area (Å²) in [6.45, 7) is 5.22. The predicted octanol–water partition coefficient (Wildman–Crippen LogP) is 4.31. The summed E-state index contributed by atoms with van der Waals surface area (Å²) < 4.78 is 7.24. The van der Waals surface area contributed by atoms with Gasteiger partial charge in [0.25, 0.3) is 0 Å². The molecular formula is C20H26N4O2. The van der Waals surface area contributed by atoms with Crippen molar-refractivity contribution in [3.8, 4) is 0 Å². The molecule has 3 rings (SSSR count). The first kappa shape index (κ1) is 18.2. The normalized spacial score (nSPS) is 11.3. The Bertz CT molecular complexity index is 917. The van der Waals surface area contributed by atoms with Gasteiger partial charge in [0.2, 0.25) is 0 Å². The molecule has 0 spiro atoms. The van der Waals surface area contributed by atoms with Gasteiger partial charge in [-0.1, -0.05) is 45.2 Å². The van der Waals surface area contributed by atoms with Crippen LogP contribution < -0.4 is 5.73 Å². The van der Waals surface area contributed by atoms with E-state index in [1.54, 1.807) is 0 Å². The summed E-state index contributed by atoms with van der Waals surface area (Å²) in [5.41, 5.74) is 9.40. The molecule has 0 aliphatic heterocycles. The van der Waals surface area contributed by atoms with E-state index in [-0.39, 0.29) is 0 Å². The van der Waals surface area contributed by atoms with Gasteiger partial charge < -0.3 is 15.0 Å². The van der Waals surface area contributed by atoms with Crippen LogP contribution in [0.25, 0.3) is 22.2 Å². The number of carbonyl (C=O) groups is 1. The Hall–Kier alpha value is -2.63. The van der Waals surface area contributed by atoms with Crippen LogP contribution in [0.5, 0.6) is 0 Å². The van der Waals surface area contributed by atoms with Crippen LogP contribution in [0.4, 0.5) is 5.82 Å². The Balaban J connectivity index is 2.10. The van der Waals surface area contributed by atoms with Crippen molar-refractivity contribution < 1.29 is 9.53 Å². The van der Waals surface area contributed by atoms with Gasteiger partial charge in [-0.2, -0.15) is 0 Å². The van der Waals surface area contributed by atoms with Crippen molar-refractivity contribution >= 4 is 34.0 Å². The molecule has 0 bridgehead atoms. The van der Waals surface area contributed by atoms with E-state index >= 15 is 0 Å². The minimum absolute atomic E-state index is 0.335. The number of unbranched alkanes of at least 4 members (excludes halogenated alkanes) is 3. The summed E-state index contributed by atoms with van der Waals surface area (Å²) in [5.74, 6) is -0.0286. The van der Waals surface area contributed by atoms with E-state index in [4.69, 9.17) is 15.5 Å². The standard InChI is InChI=1S/C20H26N4O2/c1-3-5-6-9-12-24-18(21)16(20(25)26-13-4-2)17-19(24)23-15-11-8-7-10-14(15)22-17/h7-8,10-11H,3-6,9,12-13,21H2,1-2H3. The third kappa shape index (κ3) is 3.49. The smallest absolute Gasteiger partial charge is 0.344 e. The van der Waals surface area contributed by atoms with Gasteiger partial charge in [-0.25, -0.2) is 14.8 Å². The molecule has 6 nitrogen and oxygen atoms in total. The lowest BCUT2D eigenvalue weighted by Crippen LogP contribution is -2.10. The second kappa shape index (κ2) is 8.17. The molecule has 26 heavy (non-hydrogen) atoms. The fourth-order valence-electron chi connectivity index (χ4n) is 3.11. The highest BCUT2D eigenvalue weighted by atomic mass is 16.5. The zero-order valence-corrected chi connectivity index (χ0v) is 15.5. The van der Waals surface area contributed by atoms with Crippen molar-refractivity contribution in [3.05, 3.63) is 29.8 Å². The maximum absolute atomic E-state index is 12.6. The SMILES string of the molecule is CCCCCCn1c(N)c(C(=O)OCCC)c2nc3ccccc3nc21. The van der Waals surface area contributed by atoms with Crippen LogP contribution in [0, 0.1) is 0 Å². The number of nitrogens with two attached hydrogens (primary N) is 1. The molecule has 0 unspecified atom stereocenters. The van der Waals surface area contributed by atoms with Crippen LogP contribution in [0.15, 0.2) is 24.3 Å². The zero-order valence-electron chi connectivity index (χ0n) is 15.5. The number of carbonyl (C=O) groups excluding carboxylic acids is 1. The number of nitrogens with zero attached hydrogens (tertiary/aromatic N) is 3. The van der Waals surface area contributed by atoms with Gasteiger partial charge in [-0.15, -0.1) is 0 Å². The highest BCUT2D eigenvalue weighted by Gasteiger charge is 2.24. The number of esters is 1. The summed E-state index contributed by atoms with van der Waals surface area (Å²) in [6, 6.07) is 7.64.